The summed E-state index contributed by atoms with van der Waals surface area (Å²) in [5, 5.41) is 8.64. The standard InChI is InChI=1S/C10H8O2.In/c11-10(12)8-4-7-9-5-2-1-3-6-9;/h1-3,5,7H,8H2,(H,11,12);. The molecule has 1 aliphatic rings. The van der Waals surface area contributed by atoms with Crippen LogP contribution in [0.5, 0.6) is 0 Å². The molecule has 1 heterocycles. The van der Waals surface area contributed by atoms with Crippen LogP contribution in [0.3, 0.4) is 0 Å². The first-order chi connectivity index (χ1) is 6.25. The number of carboxylic acids is 1. The van der Waals surface area contributed by atoms with Crippen molar-refractivity contribution in [3.63, 3.8) is 0 Å². The summed E-state index contributed by atoms with van der Waals surface area (Å²) in [6.07, 6.45) is 2.31. The second kappa shape index (κ2) is 3.58. The van der Waals surface area contributed by atoms with Gasteiger partial charge in [-0.1, -0.05) is 0 Å². The Kier molecular flexibility index (Phi) is 2.45. The first-order valence-corrected chi connectivity index (χ1v) is 7.41. The average Bonchev–Trinajstić information content (AvgIpc) is 2.44. The van der Waals surface area contributed by atoms with Crippen molar-refractivity contribution < 1.29 is 9.90 Å². The zero-order valence-electron chi connectivity index (χ0n) is 7.03. The van der Waals surface area contributed by atoms with Crippen molar-refractivity contribution in [1.29, 1.82) is 0 Å². The van der Waals surface area contributed by atoms with E-state index in [4.69, 9.17) is 5.11 Å². The maximum atomic E-state index is 10.5. The van der Waals surface area contributed by atoms with Gasteiger partial charge in [-0.2, -0.15) is 0 Å². The van der Waals surface area contributed by atoms with Crippen LogP contribution in [-0.2, 0) is 4.79 Å². The number of benzene rings is 1. The normalized spacial score (nSPS) is 13.1. The van der Waals surface area contributed by atoms with Crippen LogP contribution in [0.15, 0.2) is 27.6 Å². The van der Waals surface area contributed by atoms with Crippen LogP contribution in [0.2, 0.25) is 0 Å². The van der Waals surface area contributed by atoms with E-state index in [1.165, 1.54) is 12.2 Å². The second-order valence-corrected chi connectivity index (χ2v) is 7.78. The number of carbonyl (C=O) groups is 1. The van der Waals surface area contributed by atoms with Crippen molar-refractivity contribution in [2.24, 2.45) is 0 Å². The molecule has 2 nitrogen and oxygen atoms in total. The van der Waals surface area contributed by atoms with E-state index in [1.807, 2.05) is 12.1 Å². The molecule has 1 radical (unpaired) electrons. The molecule has 0 aromatic heterocycles. The molecule has 0 fully saturated rings. The van der Waals surface area contributed by atoms with Crippen LogP contribution < -0.4 is 3.32 Å². The Balaban J connectivity index is 2.21. The molecule has 1 aliphatic heterocycles. The molecule has 0 bridgehead atoms. The summed E-state index contributed by atoms with van der Waals surface area (Å²) < 4.78 is 2.61. The molecular weight excluding hydrogens is 267 g/mol. The summed E-state index contributed by atoms with van der Waals surface area (Å²) in [5.74, 6) is -0.703. The van der Waals surface area contributed by atoms with Crippen molar-refractivity contribution in [2.45, 2.75) is 6.42 Å². The van der Waals surface area contributed by atoms with Crippen molar-refractivity contribution in [3.8, 4) is 0 Å². The molecule has 0 atom stereocenters. The van der Waals surface area contributed by atoms with E-state index in [0.29, 0.717) is 0 Å². The summed E-state index contributed by atoms with van der Waals surface area (Å²) in [7, 11) is 0. The third kappa shape index (κ3) is 1.97. The van der Waals surface area contributed by atoms with E-state index >= 15 is 0 Å². The Hall–Kier alpha value is -0.700. The van der Waals surface area contributed by atoms with Gasteiger partial charge in [0.2, 0.25) is 0 Å². The van der Waals surface area contributed by atoms with E-state index in [9.17, 15) is 4.79 Å². The van der Waals surface area contributed by atoms with Crippen molar-refractivity contribution in [1.82, 2.24) is 0 Å². The van der Waals surface area contributed by atoms with Crippen LogP contribution in [0.25, 0.3) is 6.08 Å². The summed E-state index contributed by atoms with van der Waals surface area (Å²) in [5.41, 5.74) is 1.25. The minimum absolute atomic E-state index is 0.246. The van der Waals surface area contributed by atoms with Gasteiger partial charge in [-0.25, -0.2) is 0 Å². The minimum atomic E-state index is -0.917. The Labute approximate surface area is 87.6 Å². The molecule has 0 unspecified atom stereocenters. The molecule has 0 saturated heterocycles. The number of rotatable bonds is 2. The Bertz CT molecular complexity index is 382. The van der Waals surface area contributed by atoms with Gasteiger partial charge < -0.3 is 0 Å². The predicted molar refractivity (Wildman–Crippen MR) is 52.1 cm³/mol. The molecule has 13 heavy (non-hydrogen) atoms. The van der Waals surface area contributed by atoms with E-state index in [1.54, 1.807) is 0 Å². The van der Waals surface area contributed by atoms with Gasteiger partial charge in [-0.05, 0) is 0 Å². The molecule has 0 saturated carbocycles. The average molecular weight is 275 g/mol. The molecule has 0 amide bonds. The quantitative estimate of drug-likeness (QED) is 0.868. The van der Waals surface area contributed by atoms with Gasteiger partial charge in [-0.15, -0.1) is 0 Å². The fourth-order valence-electron chi connectivity index (χ4n) is 1.49. The number of hydrogen-bond acceptors (Lipinski definition) is 1. The van der Waals surface area contributed by atoms with Gasteiger partial charge in [0.15, 0.2) is 0 Å². The fraction of sp³-hybridized carbons (Fsp3) is 0.100. The monoisotopic (exact) mass is 275 g/mol. The van der Waals surface area contributed by atoms with E-state index in [2.05, 4.69) is 18.2 Å². The molecule has 2 rings (SSSR count). The van der Waals surface area contributed by atoms with Crippen molar-refractivity contribution in [3.05, 3.63) is 33.2 Å². The molecule has 0 spiro atoms. The summed E-state index contributed by atoms with van der Waals surface area (Å²) >= 11 is -0.917. The van der Waals surface area contributed by atoms with Crippen molar-refractivity contribution in [2.75, 3.05) is 0 Å². The molecule has 1 aromatic carbocycles. The van der Waals surface area contributed by atoms with Gasteiger partial charge >= 0.3 is 87.8 Å². The summed E-state index contributed by atoms with van der Waals surface area (Å²) in [4.78, 5) is 10.5. The second-order valence-electron chi connectivity index (χ2n) is 3.06. The first kappa shape index (κ1) is 8.88. The third-order valence-corrected chi connectivity index (χ3v) is 6.54. The molecule has 63 valence electrons. The predicted octanol–water partition coefficient (Wildman–Crippen LogP) is 0.845. The van der Waals surface area contributed by atoms with Crippen molar-refractivity contribution >= 4 is 38.3 Å². The SMILES string of the molecule is O=C(O)C[C]1=Cc2cccc[c]2[In]1. The summed E-state index contributed by atoms with van der Waals surface area (Å²) in [6, 6.07) is 8.22. The van der Waals surface area contributed by atoms with E-state index < -0.39 is 28.9 Å². The van der Waals surface area contributed by atoms with Gasteiger partial charge in [0.1, 0.15) is 0 Å². The van der Waals surface area contributed by atoms with Crippen LogP contribution in [0.1, 0.15) is 12.0 Å². The number of fused-ring (bicyclic) bond motifs is 1. The Morgan fingerprint density at radius 3 is 2.85 bits per heavy atom. The van der Waals surface area contributed by atoms with Crippen LogP contribution in [0, 0.1) is 0 Å². The van der Waals surface area contributed by atoms with Crippen LogP contribution >= 0.6 is 0 Å². The third-order valence-electron chi connectivity index (χ3n) is 2.03. The van der Waals surface area contributed by atoms with Gasteiger partial charge in [0, 0.05) is 0 Å². The number of carboxylic acid groups (broad SMARTS) is 1. The first-order valence-electron chi connectivity index (χ1n) is 4.12. The Morgan fingerprint density at radius 2 is 2.15 bits per heavy atom. The zero-order valence-corrected chi connectivity index (χ0v) is 10.3. The molecule has 1 N–H and O–H groups in total. The Morgan fingerprint density at radius 1 is 1.38 bits per heavy atom. The molecule has 0 aliphatic carbocycles. The van der Waals surface area contributed by atoms with E-state index in [-0.39, 0.29) is 6.42 Å². The zero-order chi connectivity index (χ0) is 9.26. The van der Waals surface area contributed by atoms with Gasteiger partial charge in [-0.3, -0.25) is 0 Å². The number of hydrogen-bond donors (Lipinski definition) is 1. The molecule has 3 heteroatoms. The van der Waals surface area contributed by atoms with Crippen LogP contribution in [0.4, 0.5) is 0 Å². The van der Waals surface area contributed by atoms with E-state index in [0.717, 1.165) is 0 Å². The topological polar surface area (TPSA) is 37.3 Å². The van der Waals surface area contributed by atoms with Crippen LogP contribution in [-0.4, -0.2) is 34.0 Å². The molecule has 1 aromatic rings. The van der Waals surface area contributed by atoms with Gasteiger partial charge in [0.05, 0.1) is 0 Å². The fourth-order valence-corrected chi connectivity index (χ4v) is 5.75. The molecular formula is C10H8InO2. The van der Waals surface area contributed by atoms with Gasteiger partial charge in [0.25, 0.3) is 0 Å². The maximum absolute atomic E-state index is 10.5. The number of aliphatic carboxylic acids is 1. The summed E-state index contributed by atoms with van der Waals surface area (Å²) in [6.45, 7) is 0.